The maximum absolute atomic E-state index is 15.1. The minimum absolute atomic E-state index is 0.0591. The summed E-state index contributed by atoms with van der Waals surface area (Å²) in [5, 5.41) is 0. The lowest BCUT2D eigenvalue weighted by Crippen LogP contribution is -2.38. The first-order chi connectivity index (χ1) is 19.8. The summed E-state index contributed by atoms with van der Waals surface area (Å²) in [5.74, 6) is 0.0455. The average molecular weight is 562 g/mol. The molecule has 2 aromatic carbocycles. The molecule has 0 atom stereocenters. The summed E-state index contributed by atoms with van der Waals surface area (Å²) in [7, 11) is 2.15. The Balaban J connectivity index is 1.33. The van der Waals surface area contributed by atoms with Crippen molar-refractivity contribution < 1.29 is 18.3 Å². The molecule has 216 valence electrons. The Bertz CT molecular complexity index is 1450. The van der Waals surface area contributed by atoms with Crippen molar-refractivity contribution in [2.45, 2.75) is 57.9 Å². The van der Waals surface area contributed by atoms with Crippen LogP contribution in [0.4, 0.5) is 20.2 Å². The van der Waals surface area contributed by atoms with E-state index in [1.165, 1.54) is 11.6 Å². The zero-order valence-electron chi connectivity index (χ0n) is 24.0. The van der Waals surface area contributed by atoms with E-state index in [-0.39, 0.29) is 23.4 Å². The number of anilines is 2. The summed E-state index contributed by atoms with van der Waals surface area (Å²) in [6.07, 6.45) is 5.07. The van der Waals surface area contributed by atoms with Gasteiger partial charge in [0, 0.05) is 36.7 Å². The molecule has 0 bridgehead atoms. The van der Waals surface area contributed by atoms with Crippen LogP contribution in [0.5, 0.6) is 5.75 Å². The highest BCUT2D eigenvalue weighted by molar-refractivity contribution is 5.96. The SMILES string of the molecule is CC(C)N1CCOc2c(F)cc(-c3nc(Cc4ccc(C5CCN(C)CC5)c(N5CCCC5=O)c4)ncc3F)cc21. The smallest absolute Gasteiger partial charge is 0.227 e. The summed E-state index contributed by atoms with van der Waals surface area (Å²) in [4.78, 5) is 27.9. The Morgan fingerprint density at radius 1 is 1.02 bits per heavy atom. The quantitative estimate of drug-likeness (QED) is 0.393. The predicted octanol–water partition coefficient (Wildman–Crippen LogP) is 5.56. The molecule has 2 fully saturated rings. The number of amides is 1. The number of nitrogens with zero attached hydrogens (tertiary/aromatic N) is 5. The Labute approximate surface area is 240 Å². The van der Waals surface area contributed by atoms with Gasteiger partial charge in [-0.2, -0.15) is 0 Å². The van der Waals surface area contributed by atoms with Gasteiger partial charge >= 0.3 is 0 Å². The van der Waals surface area contributed by atoms with E-state index >= 15 is 8.78 Å². The number of carbonyl (C=O) groups is 1. The highest BCUT2D eigenvalue weighted by Crippen LogP contribution is 2.40. The van der Waals surface area contributed by atoms with E-state index < -0.39 is 11.6 Å². The van der Waals surface area contributed by atoms with Gasteiger partial charge in [-0.1, -0.05) is 12.1 Å². The number of rotatable bonds is 6. The number of likely N-dealkylation sites (tertiary alicyclic amines) is 1. The molecule has 0 aliphatic carbocycles. The van der Waals surface area contributed by atoms with Crippen LogP contribution in [0.1, 0.15) is 62.4 Å². The minimum atomic E-state index is -0.609. The number of carbonyl (C=O) groups excluding carboxylic acids is 1. The molecular formula is C32H37F2N5O2. The maximum Gasteiger partial charge on any atom is 0.227 e. The van der Waals surface area contributed by atoms with Gasteiger partial charge in [-0.15, -0.1) is 0 Å². The number of halogens is 2. The van der Waals surface area contributed by atoms with Crippen molar-refractivity contribution >= 4 is 17.3 Å². The average Bonchev–Trinajstić information content (AvgIpc) is 3.39. The number of piperidine rings is 1. The summed E-state index contributed by atoms with van der Waals surface area (Å²) in [5.41, 5.74) is 4.16. The van der Waals surface area contributed by atoms with Gasteiger partial charge in [0.15, 0.2) is 17.4 Å². The molecule has 0 spiro atoms. The van der Waals surface area contributed by atoms with Crippen molar-refractivity contribution in [3.8, 4) is 17.0 Å². The second-order valence-corrected chi connectivity index (χ2v) is 11.7. The van der Waals surface area contributed by atoms with Crippen LogP contribution in [0.3, 0.4) is 0 Å². The van der Waals surface area contributed by atoms with Crippen LogP contribution in [-0.2, 0) is 11.2 Å². The van der Waals surface area contributed by atoms with Gasteiger partial charge in [-0.3, -0.25) is 4.79 Å². The standard InChI is InChI=1S/C32H37F2N5O2/c1-20(2)38-13-14-41-32-25(33)17-23(18-28(32)38)31-26(34)19-35-29(36-31)16-21-6-7-24(22-8-11-37(3)12-9-22)27(15-21)39-10-4-5-30(39)40/h6-7,15,17-20,22H,4-5,8-14,16H2,1-3H3. The van der Waals surface area contributed by atoms with Crippen LogP contribution in [0.15, 0.2) is 36.5 Å². The van der Waals surface area contributed by atoms with Crippen LogP contribution in [-0.4, -0.2) is 66.7 Å². The summed E-state index contributed by atoms with van der Waals surface area (Å²) in [6.45, 7) is 7.89. The predicted molar refractivity (Wildman–Crippen MR) is 156 cm³/mol. The topological polar surface area (TPSA) is 61.8 Å². The van der Waals surface area contributed by atoms with Gasteiger partial charge in [-0.25, -0.2) is 18.7 Å². The number of aromatic nitrogens is 2. The van der Waals surface area contributed by atoms with Gasteiger partial charge in [0.1, 0.15) is 18.1 Å². The van der Waals surface area contributed by atoms with Crippen molar-refractivity contribution in [3.63, 3.8) is 0 Å². The fourth-order valence-corrected chi connectivity index (χ4v) is 6.35. The molecule has 6 rings (SSSR count). The van der Waals surface area contributed by atoms with Crippen LogP contribution in [0.25, 0.3) is 11.3 Å². The molecule has 2 saturated heterocycles. The van der Waals surface area contributed by atoms with Crippen molar-refractivity contribution in [1.82, 2.24) is 14.9 Å². The molecule has 3 aliphatic rings. The highest BCUT2D eigenvalue weighted by atomic mass is 19.1. The molecule has 3 aliphatic heterocycles. The Kier molecular flexibility index (Phi) is 7.64. The second kappa shape index (κ2) is 11.4. The lowest BCUT2D eigenvalue weighted by Gasteiger charge is -2.34. The Hall–Kier alpha value is -3.59. The lowest BCUT2D eigenvalue weighted by molar-refractivity contribution is -0.117. The van der Waals surface area contributed by atoms with Crippen LogP contribution >= 0.6 is 0 Å². The van der Waals surface area contributed by atoms with E-state index in [2.05, 4.69) is 45.0 Å². The molecule has 41 heavy (non-hydrogen) atoms. The van der Waals surface area contributed by atoms with E-state index in [1.54, 1.807) is 6.07 Å². The molecular weight excluding hydrogens is 524 g/mol. The Morgan fingerprint density at radius 2 is 1.83 bits per heavy atom. The molecule has 0 radical (unpaired) electrons. The third-order valence-electron chi connectivity index (χ3n) is 8.58. The molecule has 0 N–H and O–H groups in total. The van der Waals surface area contributed by atoms with Gasteiger partial charge < -0.3 is 19.4 Å². The fourth-order valence-electron chi connectivity index (χ4n) is 6.35. The second-order valence-electron chi connectivity index (χ2n) is 11.7. The largest absolute Gasteiger partial charge is 0.486 e. The third-order valence-corrected chi connectivity index (χ3v) is 8.58. The van der Waals surface area contributed by atoms with Crippen LogP contribution in [0, 0.1) is 11.6 Å². The fraction of sp³-hybridized carbons (Fsp3) is 0.469. The number of hydrogen-bond acceptors (Lipinski definition) is 6. The molecule has 4 heterocycles. The van der Waals surface area contributed by atoms with E-state index in [9.17, 15) is 4.79 Å². The van der Waals surface area contributed by atoms with Gasteiger partial charge in [0.25, 0.3) is 0 Å². The van der Waals surface area contributed by atoms with E-state index in [0.29, 0.717) is 49.0 Å². The van der Waals surface area contributed by atoms with E-state index in [4.69, 9.17) is 4.74 Å². The van der Waals surface area contributed by atoms with Crippen molar-refractivity contribution in [2.75, 3.05) is 49.6 Å². The highest BCUT2D eigenvalue weighted by Gasteiger charge is 2.29. The molecule has 7 nitrogen and oxygen atoms in total. The monoisotopic (exact) mass is 561 g/mol. The van der Waals surface area contributed by atoms with Crippen molar-refractivity contribution in [2.24, 2.45) is 0 Å². The summed E-state index contributed by atoms with van der Waals surface area (Å²) >= 11 is 0. The summed E-state index contributed by atoms with van der Waals surface area (Å²) < 4.78 is 35.8. The lowest BCUT2D eigenvalue weighted by atomic mass is 9.87. The van der Waals surface area contributed by atoms with E-state index in [1.807, 2.05) is 18.7 Å². The molecule has 3 aromatic rings. The van der Waals surface area contributed by atoms with Gasteiger partial charge in [0.05, 0.1) is 18.4 Å². The first-order valence-corrected chi connectivity index (χ1v) is 14.6. The third kappa shape index (κ3) is 5.52. The number of fused-ring (bicyclic) bond motifs is 1. The van der Waals surface area contributed by atoms with E-state index in [0.717, 1.165) is 56.3 Å². The van der Waals surface area contributed by atoms with Crippen molar-refractivity contribution in [3.05, 3.63) is 65.1 Å². The summed E-state index contributed by atoms with van der Waals surface area (Å²) in [6, 6.07) is 9.47. The first kappa shape index (κ1) is 27.6. The zero-order chi connectivity index (χ0) is 28.7. The zero-order valence-corrected chi connectivity index (χ0v) is 24.0. The maximum atomic E-state index is 15.1. The number of hydrogen-bond donors (Lipinski definition) is 0. The molecule has 1 amide bonds. The molecule has 1 aromatic heterocycles. The normalized spacial score (nSPS) is 18.2. The molecule has 9 heteroatoms. The molecule has 0 unspecified atom stereocenters. The van der Waals surface area contributed by atoms with Gasteiger partial charge in [-0.05, 0) is 88.5 Å². The molecule has 0 saturated carbocycles. The van der Waals surface area contributed by atoms with Crippen molar-refractivity contribution in [1.29, 1.82) is 0 Å². The first-order valence-electron chi connectivity index (χ1n) is 14.6. The van der Waals surface area contributed by atoms with Gasteiger partial charge in [0.2, 0.25) is 5.91 Å². The van der Waals surface area contributed by atoms with Crippen LogP contribution < -0.4 is 14.5 Å². The Morgan fingerprint density at radius 3 is 2.56 bits per heavy atom. The minimum Gasteiger partial charge on any atom is -0.486 e. The number of ether oxygens (including phenoxy) is 1. The number of benzene rings is 2. The van der Waals surface area contributed by atoms with Crippen LogP contribution in [0.2, 0.25) is 0 Å².